The van der Waals surface area contributed by atoms with Crippen molar-refractivity contribution in [3.63, 3.8) is 0 Å². The van der Waals surface area contributed by atoms with Gasteiger partial charge in [-0.05, 0) is 95.1 Å². The maximum Gasteiger partial charge on any atom is 0.159 e. The Balaban J connectivity index is 1.08. The van der Waals surface area contributed by atoms with Gasteiger partial charge in [-0.25, -0.2) is 0 Å². The van der Waals surface area contributed by atoms with Crippen molar-refractivity contribution in [1.82, 2.24) is 0 Å². The molecule has 0 saturated heterocycles. The molecular weight excluding hydrogens is 639 g/mol. The monoisotopic (exact) mass is 675 g/mol. The first-order valence-corrected chi connectivity index (χ1v) is 19.0. The van der Waals surface area contributed by atoms with Crippen molar-refractivity contribution >= 4 is 70.5 Å². The minimum atomic E-state index is 0.633. The SMILES string of the molecule is c1ccc(-c2ccc(N(c3ccc(-c4ccc5c(c4)sc4ccccc45)cc3)c3cccc4c3oc3cc(C5CCCCC5)ccc34)cc2)cc1. The van der Waals surface area contributed by atoms with Crippen LogP contribution in [-0.2, 0) is 0 Å². The predicted octanol–water partition coefficient (Wildman–Crippen LogP) is 14.8. The van der Waals surface area contributed by atoms with Crippen LogP contribution in [0.3, 0.4) is 0 Å². The number of para-hydroxylation sites is 1. The van der Waals surface area contributed by atoms with E-state index < -0.39 is 0 Å². The number of hydrogen-bond acceptors (Lipinski definition) is 3. The second-order valence-electron chi connectivity index (χ2n) is 14.0. The molecule has 0 aliphatic heterocycles. The molecule has 2 nitrogen and oxygen atoms in total. The number of thiophene rings is 1. The van der Waals surface area contributed by atoms with Crippen LogP contribution in [0.15, 0.2) is 162 Å². The molecule has 0 spiro atoms. The molecular formula is C48H37NOS. The third-order valence-electron chi connectivity index (χ3n) is 10.9. The lowest BCUT2D eigenvalue weighted by Crippen LogP contribution is -2.10. The summed E-state index contributed by atoms with van der Waals surface area (Å²) in [4.78, 5) is 2.35. The molecule has 1 aliphatic carbocycles. The van der Waals surface area contributed by atoms with Gasteiger partial charge < -0.3 is 9.32 Å². The van der Waals surface area contributed by atoms with Gasteiger partial charge >= 0.3 is 0 Å². The van der Waals surface area contributed by atoms with E-state index in [9.17, 15) is 0 Å². The van der Waals surface area contributed by atoms with Crippen LogP contribution in [0, 0.1) is 0 Å². The van der Waals surface area contributed by atoms with Crippen molar-refractivity contribution < 1.29 is 4.42 Å². The van der Waals surface area contributed by atoms with Crippen molar-refractivity contribution in [2.45, 2.75) is 38.0 Å². The number of benzene rings is 7. The van der Waals surface area contributed by atoms with Gasteiger partial charge in [-0.15, -0.1) is 11.3 Å². The van der Waals surface area contributed by atoms with E-state index >= 15 is 0 Å². The van der Waals surface area contributed by atoms with Crippen LogP contribution in [0.2, 0.25) is 0 Å². The van der Waals surface area contributed by atoms with E-state index in [2.05, 4.69) is 163 Å². The summed E-state index contributed by atoms with van der Waals surface area (Å²) in [6.07, 6.45) is 6.55. The first-order valence-electron chi connectivity index (χ1n) is 18.2. The molecule has 0 radical (unpaired) electrons. The van der Waals surface area contributed by atoms with Crippen molar-refractivity contribution in [1.29, 1.82) is 0 Å². The molecule has 1 aliphatic rings. The quantitative estimate of drug-likeness (QED) is 0.174. The first-order chi connectivity index (χ1) is 25.3. The highest BCUT2D eigenvalue weighted by Crippen LogP contribution is 2.44. The minimum absolute atomic E-state index is 0.633. The average molecular weight is 676 g/mol. The van der Waals surface area contributed by atoms with E-state index in [4.69, 9.17) is 4.42 Å². The van der Waals surface area contributed by atoms with Gasteiger partial charge in [-0.2, -0.15) is 0 Å². The summed E-state index contributed by atoms with van der Waals surface area (Å²) in [6.45, 7) is 0. The van der Waals surface area contributed by atoms with Crippen molar-refractivity contribution in [3.8, 4) is 22.3 Å². The van der Waals surface area contributed by atoms with Crippen LogP contribution < -0.4 is 4.90 Å². The van der Waals surface area contributed by atoms with Crippen LogP contribution in [0.5, 0.6) is 0 Å². The third kappa shape index (κ3) is 5.40. The fourth-order valence-electron chi connectivity index (χ4n) is 8.24. The smallest absolute Gasteiger partial charge is 0.159 e. The molecule has 0 N–H and O–H groups in total. The van der Waals surface area contributed by atoms with Crippen LogP contribution in [-0.4, -0.2) is 0 Å². The summed E-state index contributed by atoms with van der Waals surface area (Å²) in [6, 6.07) is 57.6. The van der Waals surface area contributed by atoms with Gasteiger partial charge in [0.15, 0.2) is 5.58 Å². The van der Waals surface area contributed by atoms with Gasteiger partial charge in [0.05, 0.1) is 5.69 Å². The van der Waals surface area contributed by atoms with Gasteiger partial charge in [0.25, 0.3) is 0 Å². The fraction of sp³-hybridized carbons (Fsp3) is 0.125. The minimum Gasteiger partial charge on any atom is -0.454 e. The highest BCUT2D eigenvalue weighted by Gasteiger charge is 2.21. The Morgan fingerprint density at radius 2 is 1.10 bits per heavy atom. The molecule has 51 heavy (non-hydrogen) atoms. The summed E-state index contributed by atoms with van der Waals surface area (Å²) in [5.74, 6) is 0.633. The number of rotatable bonds is 6. The van der Waals surface area contributed by atoms with Crippen molar-refractivity contribution in [3.05, 3.63) is 163 Å². The topological polar surface area (TPSA) is 16.4 Å². The van der Waals surface area contributed by atoms with Gasteiger partial charge in [0.2, 0.25) is 0 Å². The summed E-state index contributed by atoms with van der Waals surface area (Å²) < 4.78 is 9.50. The summed E-state index contributed by atoms with van der Waals surface area (Å²) in [7, 11) is 0. The Hall–Kier alpha value is -5.64. The van der Waals surface area contributed by atoms with E-state index in [1.54, 1.807) is 0 Å². The summed E-state index contributed by atoms with van der Waals surface area (Å²) in [5.41, 5.74) is 11.4. The Labute approximate surface area is 302 Å². The van der Waals surface area contributed by atoms with Gasteiger partial charge in [0, 0.05) is 42.3 Å². The standard InChI is InChI=1S/C48H37NOS/c1-3-10-32(11-4-1)34-18-24-38(25-19-34)49(39-26-20-35(21-27-39)37-23-29-42-41-14-7-8-17-46(41)51-47(42)31-37)44-16-9-15-43-40-28-22-36(30-45(40)50-48(43)44)33-12-5-2-6-13-33/h1,3-4,7-11,14-31,33H,2,5-6,12-13H2. The fourth-order valence-corrected chi connectivity index (χ4v) is 9.38. The molecule has 0 unspecified atom stereocenters. The van der Waals surface area contributed by atoms with Crippen LogP contribution in [0.4, 0.5) is 17.1 Å². The van der Waals surface area contributed by atoms with Gasteiger partial charge in [-0.3, -0.25) is 0 Å². The van der Waals surface area contributed by atoms with E-state index in [1.165, 1.54) is 85.5 Å². The maximum absolute atomic E-state index is 6.85. The van der Waals surface area contributed by atoms with E-state index in [0.717, 1.165) is 33.6 Å². The lowest BCUT2D eigenvalue weighted by molar-refractivity contribution is 0.443. The molecule has 3 heteroatoms. The van der Waals surface area contributed by atoms with Crippen LogP contribution >= 0.6 is 11.3 Å². The zero-order valence-corrected chi connectivity index (χ0v) is 29.2. The molecule has 7 aromatic carbocycles. The normalized spacial score (nSPS) is 13.8. The zero-order valence-electron chi connectivity index (χ0n) is 28.4. The molecule has 0 amide bonds. The first kappa shape index (κ1) is 30.2. The zero-order chi connectivity index (χ0) is 33.7. The second-order valence-corrected chi connectivity index (χ2v) is 15.0. The lowest BCUT2D eigenvalue weighted by Gasteiger charge is -2.26. The molecule has 246 valence electrons. The largest absolute Gasteiger partial charge is 0.454 e. The predicted molar refractivity (Wildman–Crippen MR) is 218 cm³/mol. The summed E-state index contributed by atoms with van der Waals surface area (Å²) >= 11 is 1.87. The third-order valence-corrected chi connectivity index (χ3v) is 12.0. The number of nitrogens with zero attached hydrogens (tertiary/aromatic N) is 1. The molecule has 10 rings (SSSR count). The molecule has 9 aromatic rings. The second kappa shape index (κ2) is 12.6. The summed E-state index contributed by atoms with van der Waals surface area (Å²) in [5, 5.41) is 4.99. The van der Waals surface area contributed by atoms with Crippen molar-refractivity contribution in [2.75, 3.05) is 4.90 Å². The molecule has 0 bridgehead atoms. The number of furan rings is 1. The molecule has 0 atom stereocenters. The molecule has 2 heterocycles. The Kier molecular flexibility index (Phi) is 7.46. The Morgan fingerprint density at radius 3 is 1.88 bits per heavy atom. The Bertz CT molecular complexity index is 2660. The number of anilines is 3. The highest BCUT2D eigenvalue weighted by atomic mass is 32.1. The van der Waals surface area contributed by atoms with Gasteiger partial charge in [-0.1, -0.05) is 128 Å². The maximum atomic E-state index is 6.85. The van der Waals surface area contributed by atoms with E-state index in [1.807, 2.05) is 11.3 Å². The lowest BCUT2D eigenvalue weighted by atomic mass is 9.84. The van der Waals surface area contributed by atoms with E-state index in [0.29, 0.717) is 5.92 Å². The van der Waals surface area contributed by atoms with E-state index in [-0.39, 0.29) is 0 Å². The number of hydrogen-bond donors (Lipinski definition) is 0. The Morgan fingerprint density at radius 1 is 0.471 bits per heavy atom. The van der Waals surface area contributed by atoms with Crippen molar-refractivity contribution in [2.24, 2.45) is 0 Å². The molecule has 1 saturated carbocycles. The average Bonchev–Trinajstić information content (AvgIpc) is 3.77. The van der Waals surface area contributed by atoms with Crippen LogP contribution in [0.25, 0.3) is 64.4 Å². The highest BCUT2D eigenvalue weighted by molar-refractivity contribution is 7.25. The number of fused-ring (bicyclic) bond motifs is 6. The molecule has 1 fully saturated rings. The van der Waals surface area contributed by atoms with Gasteiger partial charge in [0.1, 0.15) is 5.58 Å². The van der Waals surface area contributed by atoms with Crippen LogP contribution in [0.1, 0.15) is 43.6 Å². The molecule has 2 aromatic heterocycles.